The van der Waals surface area contributed by atoms with E-state index in [0.717, 1.165) is 18.4 Å². The van der Waals surface area contributed by atoms with Gasteiger partial charge in [-0.15, -0.1) is 0 Å². The van der Waals surface area contributed by atoms with Crippen LogP contribution in [0.3, 0.4) is 0 Å². The Morgan fingerprint density at radius 2 is 2.29 bits per heavy atom. The van der Waals surface area contributed by atoms with E-state index in [0.29, 0.717) is 0 Å². The van der Waals surface area contributed by atoms with Crippen LogP contribution >= 0.6 is 0 Å². The molecule has 0 aliphatic heterocycles. The third-order valence-electron chi connectivity index (χ3n) is 2.77. The highest BCUT2D eigenvalue weighted by Gasteiger charge is 2.09. The maximum Gasteiger partial charge on any atom is 0.254 e. The summed E-state index contributed by atoms with van der Waals surface area (Å²) in [5, 5.41) is 12.1. The molecule has 4 heteroatoms. The molecule has 86 valence electrons. The molecule has 1 aromatic rings. The van der Waals surface area contributed by atoms with Crippen LogP contribution in [0.5, 0.6) is 0 Å². The van der Waals surface area contributed by atoms with Gasteiger partial charge in [0.2, 0.25) is 0 Å². The van der Waals surface area contributed by atoms with Crippen LogP contribution in [0.4, 0.5) is 0 Å². The van der Waals surface area contributed by atoms with Crippen molar-refractivity contribution in [2.24, 2.45) is 5.10 Å². The van der Waals surface area contributed by atoms with E-state index >= 15 is 0 Å². The van der Waals surface area contributed by atoms with Gasteiger partial charge in [0.1, 0.15) is 6.42 Å². The Morgan fingerprint density at radius 1 is 1.47 bits per heavy atom. The van der Waals surface area contributed by atoms with Gasteiger partial charge in [0.05, 0.1) is 12.3 Å². The number of carbonyl (C=O) groups is 1. The van der Waals surface area contributed by atoms with E-state index in [1.54, 1.807) is 12.3 Å². The second kappa shape index (κ2) is 5.26. The average Bonchev–Trinajstić information content (AvgIpc) is 2.76. The lowest BCUT2D eigenvalue weighted by Crippen LogP contribution is -2.16. The maximum absolute atomic E-state index is 11.0. The fraction of sp³-hybridized carbons (Fsp3) is 0.308. The summed E-state index contributed by atoms with van der Waals surface area (Å²) in [6, 6.07) is 7.97. The number of hydrogen-bond donors (Lipinski definition) is 1. The molecule has 0 spiro atoms. The Bertz CT molecular complexity index is 500. The van der Waals surface area contributed by atoms with Crippen molar-refractivity contribution in [3.63, 3.8) is 0 Å². The van der Waals surface area contributed by atoms with E-state index in [1.807, 2.05) is 6.07 Å². The number of fused-ring (bicyclic) bond motifs is 1. The third-order valence-corrected chi connectivity index (χ3v) is 2.77. The number of rotatable bonds is 3. The van der Waals surface area contributed by atoms with Crippen molar-refractivity contribution in [1.82, 2.24) is 5.43 Å². The molecule has 1 aliphatic carbocycles. The first-order valence-corrected chi connectivity index (χ1v) is 5.60. The summed E-state index contributed by atoms with van der Waals surface area (Å²) < 4.78 is 0. The van der Waals surface area contributed by atoms with Gasteiger partial charge in [-0.2, -0.15) is 10.4 Å². The van der Waals surface area contributed by atoms with Crippen LogP contribution < -0.4 is 5.43 Å². The lowest BCUT2D eigenvalue weighted by Gasteiger charge is -2.00. The summed E-state index contributed by atoms with van der Waals surface area (Å²) in [6.45, 7) is 0. The lowest BCUT2D eigenvalue weighted by molar-refractivity contribution is -0.120. The molecule has 0 fully saturated rings. The zero-order chi connectivity index (χ0) is 12.1. The second-order valence-electron chi connectivity index (χ2n) is 4.01. The SMILES string of the molecule is N#CCC(=O)N/N=C/c1ccc2c(c1)CCC2. The average molecular weight is 227 g/mol. The summed E-state index contributed by atoms with van der Waals surface area (Å²) in [6.07, 6.45) is 4.94. The van der Waals surface area contributed by atoms with E-state index in [4.69, 9.17) is 5.26 Å². The number of amides is 1. The molecule has 0 aromatic heterocycles. The Labute approximate surface area is 99.9 Å². The summed E-state index contributed by atoms with van der Waals surface area (Å²) in [7, 11) is 0. The molecular formula is C13H13N3O. The maximum atomic E-state index is 11.0. The topological polar surface area (TPSA) is 65.2 Å². The molecule has 0 atom stereocenters. The van der Waals surface area contributed by atoms with Crippen LogP contribution in [0.2, 0.25) is 0 Å². The normalized spacial score (nSPS) is 13.4. The molecule has 0 saturated heterocycles. The Kier molecular flexibility index (Phi) is 3.51. The number of hydrogen-bond acceptors (Lipinski definition) is 3. The fourth-order valence-electron chi connectivity index (χ4n) is 1.96. The van der Waals surface area contributed by atoms with Crippen molar-refractivity contribution in [2.75, 3.05) is 0 Å². The number of benzene rings is 1. The van der Waals surface area contributed by atoms with Gasteiger partial charge in [-0.05, 0) is 42.0 Å². The molecule has 1 amide bonds. The van der Waals surface area contributed by atoms with Gasteiger partial charge in [0, 0.05) is 0 Å². The van der Waals surface area contributed by atoms with E-state index < -0.39 is 0 Å². The van der Waals surface area contributed by atoms with E-state index in [9.17, 15) is 4.79 Å². The zero-order valence-electron chi connectivity index (χ0n) is 9.44. The quantitative estimate of drug-likeness (QED) is 0.628. The molecule has 1 aliphatic rings. The standard InChI is InChI=1S/C13H13N3O/c14-7-6-13(17)16-15-9-10-4-5-11-2-1-3-12(11)8-10/h4-5,8-9H,1-3,6H2,(H,16,17)/b15-9+. The molecule has 17 heavy (non-hydrogen) atoms. The van der Waals surface area contributed by atoms with E-state index in [1.165, 1.54) is 17.5 Å². The van der Waals surface area contributed by atoms with Crippen molar-refractivity contribution in [3.05, 3.63) is 34.9 Å². The molecule has 0 heterocycles. The van der Waals surface area contributed by atoms with Gasteiger partial charge in [-0.25, -0.2) is 5.43 Å². The van der Waals surface area contributed by atoms with Gasteiger partial charge >= 0.3 is 0 Å². The van der Waals surface area contributed by atoms with Crippen molar-refractivity contribution < 1.29 is 4.79 Å². The third kappa shape index (κ3) is 2.91. The predicted molar refractivity (Wildman–Crippen MR) is 64.4 cm³/mol. The fourth-order valence-corrected chi connectivity index (χ4v) is 1.96. The Hall–Kier alpha value is -2.15. The highest BCUT2D eigenvalue weighted by molar-refractivity contribution is 5.83. The van der Waals surface area contributed by atoms with Crippen molar-refractivity contribution >= 4 is 12.1 Å². The van der Waals surface area contributed by atoms with Crippen LogP contribution in [-0.2, 0) is 17.6 Å². The highest BCUT2D eigenvalue weighted by atomic mass is 16.2. The molecule has 1 aromatic carbocycles. The number of carbonyl (C=O) groups excluding carboxylic acids is 1. The monoisotopic (exact) mass is 227 g/mol. The zero-order valence-corrected chi connectivity index (χ0v) is 9.44. The van der Waals surface area contributed by atoms with Gasteiger partial charge in [-0.3, -0.25) is 4.79 Å². The van der Waals surface area contributed by atoms with Gasteiger partial charge < -0.3 is 0 Å². The Balaban J connectivity index is 1.97. The largest absolute Gasteiger partial charge is 0.272 e. The molecule has 0 bridgehead atoms. The van der Waals surface area contributed by atoms with Crippen LogP contribution in [0.1, 0.15) is 29.5 Å². The van der Waals surface area contributed by atoms with Crippen LogP contribution in [0.15, 0.2) is 23.3 Å². The first-order valence-electron chi connectivity index (χ1n) is 5.60. The van der Waals surface area contributed by atoms with Gasteiger partial charge in [-0.1, -0.05) is 12.1 Å². The summed E-state index contributed by atoms with van der Waals surface area (Å²) in [5.41, 5.74) is 6.07. The minimum absolute atomic E-state index is 0.165. The molecule has 0 unspecified atom stereocenters. The number of nitriles is 1. The van der Waals surface area contributed by atoms with Crippen LogP contribution in [0.25, 0.3) is 0 Å². The lowest BCUT2D eigenvalue weighted by atomic mass is 10.1. The molecule has 0 radical (unpaired) electrons. The summed E-state index contributed by atoms with van der Waals surface area (Å²) >= 11 is 0. The number of hydrazone groups is 1. The number of nitrogens with one attached hydrogen (secondary N) is 1. The Morgan fingerprint density at radius 3 is 3.12 bits per heavy atom. The second-order valence-corrected chi connectivity index (χ2v) is 4.01. The van der Waals surface area contributed by atoms with Crippen molar-refractivity contribution in [3.8, 4) is 6.07 Å². The highest BCUT2D eigenvalue weighted by Crippen LogP contribution is 2.22. The van der Waals surface area contributed by atoms with Crippen molar-refractivity contribution in [2.45, 2.75) is 25.7 Å². The van der Waals surface area contributed by atoms with E-state index in [-0.39, 0.29) is 12.3 Å². The van der Waals surface area contributed by atoms with Crippen molar-refractivity contribution in [1.29, 1.82) is 5.26 Å². The van der Waals surface area contributed by atoms with E-state index in [2.05, 4.69) is 22.7 Å². The van der Waals surface area contributed by atoms with Crippen LogP contribution in [-0.4, -0.2) is 12.1 Å². The minimum atomic E-state index is -0.384. The first kappa shape index (κ1) is 11.3. The molecule has 4 nitrogen and oxygen atoms in total. The molecule has 2 rings (SSSR count). The summed E-state index contributed by atoms with van der Waals surface area (Å²) in [4.78, 5) is 11.0. The minimum Gasteiger partial charge on any atom is -0.272 e. The molecular weight excluding hydrogens is 214 g/mol. The first-order chi connectivity index (χ1) is 8.29. The smallest absolute Gasteiger partial charge is 0.254 e. The number of aryl methyl sites for hydroxylation is 2. The number of nitrogens with zero attached hydrogens (tertiary/aromatic N) is 2. The van der Waals surface area contributed by atoms with Gasteiger partial charge in [0.25, 0.3) is 5.91 Å². The summed E-state index contributed by atoms with van der Waals surface area (Å²) in [5.74, 6) is -0.384. The molecule has 0 saturated carbocycles. The molecule has 1 N–H and O–H groups in total. The van der Waals surface area contributed by atoms with Gasteiger partial charge in [0.15, 0.2) is 0 Å². The van der Waals surface area contributed by atoms with Crippen LogP contribution in [0, 0.1) is 11.3 Å². The predicted octanol–water partition coefficient (Wildman–Crippen LogP) is 1.54.